The van der Waals surface area contributed by atoms with Gasteiger partial charge in [-0.15, -0.1) is 0 Å². The molecule has 1 rings (SSSR count). The molecule has 0 heterocycles. The number of anilines is 1. The highest BCUT2D eigenvalue weighted by molar-refractivity contribution is 9.10. The van der Waals surface area contributed by atoms with Crippen molar-refractivity contribution in [3.8, 4) is 0 Å². The van der Waals surface area contributed by atoms with E-state index in [0.717, 1.165) is 5.56 Å². The summed E-state index contributed by atoms with van der Waals surface area (Å²) in [4.78, 5) is 11.9. The third-order valence-corrected chi connectivity index (χ3v) is 3.55. The zero-order chi connectivity index (χ0) is 13.2. The van der Waals surface area contributed by atoms with E-state index < -0.39 is 0 Å². The smallest absolute Gasteiger partial charge is 0.227 e. The van der Waals surface area contributed by atoms with E-state index in [4.69, 9.17) is 0 Å². The first-order valence-corrected chi connectivity index (χ1v) is 6.38. The lowest BCUT2D eigenvalue weighted by atomic mass is 9.97. The molecule has 0 aromatic heterocycles. The molecular formula is C13H17BrFNO. The molecule has 1 aromatic rings. The van der Waals surface area contributed by atoms with Crippen molar-refractivity contribution in [2.45, 2.75) is 27.7 Å². The fourth-order valence-electron chi connectivity index (χ4n) is 1.33. The molecule has 1 amide bonds. The fourth-order valence-corrected chi connectivity index (χ4v) is 1.79. The molecule has 1 aromatic carbocycles. The number of benzene rings is 1. The number of amides is 1. The summed E-state index contributed by atoms with van der Waals surface area (Å²) < 4.78 is 13.8. The molecule has 0 aliphatic rings. The minimum Gasteiger partial charge on any atom is -0.326 e. The standard InChI is InChI=1S/C13H17BrFNO/c1-7(2)9(4)13(17)16-12-6-11(15)10(14)5-8(12)3/h5-7,9H,1-4H3,(H,16,17). The summed E-state index contributed by atoms with van der Waals surface area (Å²) in [6, 6.07) is 3.00. The fraction of sp³-hybridized carbons (Fsp3) is 0.462. The van der Waals surface area contributed by atoms with Crippen molar-refractivity contribution in [1.82, 2.24) is 0 Å². The summed E-state index contributed by atoms with van der Waals surface area (Å²) >= 11 is 3.11. The number of aryl methyl sites for hydroxylation is 1. The van der Waals surface area contributed by atoms with Crippen LogP contribution in [0.1, 0.15) is 26.3 Å². The maximum Gasteiger partial charge on any atom is 0.227 e. The second-order valence-corrected chi connectivity index (χ2v) is 5.46. The highest BCUT2D eigenvalue weighted by Gasteiger charge is 2.17. The van der Waals surface area contributed by atoms with Gasteiger partial charge in [-0.1, -0.05) is 20.8 Å². The Labute approximate surface area is 110 Å². The molecule has 2 nitrogen and oxygen atoms in total. The second-order valence-electron chi connectivity index (χ2n) is 4.60. The molecule has 0 radical (unpaired) electrons. The van der Waals surface area contributed by atoms with Gasteiger partial charge in [-0.3, -0.25) is 4.79 Å². The number of hydrogen-bond donors (Lipinski definition) is 1. The van der Waals surface area contributed by atoms with Crippen molar-refractivity contribution in [3.63, 3.8) is 0 Å². The molecule has 0 fully saturated rings. The van der Waals surface area contributed by atoms with E-state index in [1.54, 1.807) is 6.07 Å². The zero-order valence-electron chi connectivity index (χ0n) is 10.5. The number of carbonyl (C=O) groups excluding carboxylic acids is 1. The molecule has 0 saturated carbocycles. The maximum absolute atomic E-state index is 13.4. The molecule has 0 bridgehead atoms. The van der Waals surface area contributed by atoms with Gasteiger partial charge in [-0.25, -0.2) is 4.39 Å². The summed E-state index contributed by atoms with van der Waals surface area (Å²) in [5.74, 6) is -0.287. The van der Waals surface area contributed by atoms with E-state index in [1.807, 2.05) is 27.7 Å². The van der Waals surface area contributed by atoms with Crippen LogP contribution in [-0.4, -0.2) is 5.91 Å². The van der Waals surface area contributed by atoms with Crippen molar-refractivity contribution in [1.29, 1.82) is 0 Å². The van der Waals surface area contributed by atoms with E-state index >= 15 is 0 Å². The summed E-state index contributed by atoms with van der Waals surface area (Å²) in [5.41, 5.74) is 1.37. The first kappa shape index (κ1) is 14.2. The average Bonchev–Trinajstić information content (AvgIpc) is 2.24. The van der Waals surface area contributed by atoms with Crippen LogP contribution >= 0.6 is 15.9 Å². The second kappa shape index (κ2) is 5.63. The number of halogens is 2. The third-order valence-electron chi connectivity index (χ3n) is 2.94. The normalized spacial score (nSPS) is 12.6. The lowest BCUT2D eigenvalue weighted by Crippen LogP contribution is -2.24. The van der Waals surface area contributed by atoms with Crippen LogP contribution in [0.2, 0.25) is 0 Å². The molecule has 1 unspecified atom stereocenters. The first-order valence-electron chi connectivity index (χ1n) is 5.59. The Morgan fingerprint density at radius 3 is 2.47 bits per heavy atom. The molecule has 0 spiro atoms. The Bertz CT molecular complexity index is 432. The van der Waals surface area contributed by atoms with Gasteiger partial charge in [0, 0.05) is 11.6 Å². The SMILES string of the molecule is Cc1cc(Br)c(F)cc1NC(=O)C(C)C(C)C. The van der Waals surface area contributed by atoms with Gasteiger partial charge in [0.25, 0.3) is 0 Å². The van der Waals surface area contributed by atoms with E-state index in [-0.39, 0.29) is 23.6 Å². The summed E-state index contributed by atoms with van der Waals surface area (Å²) in [6.45, 7) is 7.67. The van der Waals surface area contributed by atoms with Gasteiger partial charge >= 0.3 is 0 Å². The number of hydrogen-bond acceptors (Lipinski definition) is 1. The highest BCUT2D eigenvalue weighted by Crippen LogP contribution is 2.24. The highest BCUT2D eigenvalue weighted by atomic mass is 79.9. The monoisotopic (exact) mass is 301 g/mol. The predicted octanol–water partition coefficient (Wildman–Crippen LogP) is 4.13. The molecule has 0 aliphatic heterocycles. The van der Waals surface area contributed by atoms with Gasteiger partial charge in [0.2, 0.25) is 5.91 Å². The maximum atomic E-state index is 13.4. The summed E-state index contributed by atoms with van der Waals surface area (Å²) in [6.07, 6.45) is 0. The minimum absolute atomic E-state index is 0.0789. The van der Waals surface area contributed by atoms with Crippen LogP contribution in [0.15, 0.2) is 16.6 Å². The minimum atomic E-state index is -0.372. The lowest BCUT2D eigenvalue weighted by molar-refractivity contribution is -0.120. The van der Waals surface area contributed by atoms with Gasteiger partial charge in [0.05, 0.1) is 4.47 Å². The number of rotatable bonds is 3. The third kappa shape index (κ3) is 3.53. The van der Waals surface area contributed by atoms with E-state index in [2.05, 4.69) is 21.2 Å². The predicted molar refractivity (Wildman–Crippen MR) is 71.5 cm³/mol. The Morgan fingerprint density at radius 1 is 1.35 bits per heavy atom. The van der Waals surface area contributed by atoms with Crippen molar-refractivity contribution < 1.29 is 9.18 Å². The van der Waals surface area contributed by atoms with Crippen molar-refractivity contribution >= 4 is 27.5 Å². The van der Waals surface area contributed by atoms with Crippen LogP contribution in [0.25, 0.3) is 0 Å². The molecule has 1 N–H and O–H groups in total. The molecular weight excluding hydrogens is 285 g/mol. The van der Waals surface area contributed by atoms with Crippen LogP contribution < -0.4 is 5.32 Å². The molecule has 0 saturated heterocycles. The van der Waals surface area contributed by atoms with Crippen LogP contribution in [0.4, 0.5) is 10.1 Å². The van der Waals surface area contributed by atoms with Gasteiger partial charge in [0.15, 0.2) is 0 Å². The summed E-state index contributed by atoms with van der Waals surface area (Å²) in [7, 11) is 0. The lowest BCUT2D eigenvalue weighted by Gasteiger charge is -2.16. The Kier molecular flexibility index (Phi) is 4.69. The zero-order valence-corrected chi connectivity index (χ0v) is 12.1. The van der Waals surface area contributed by atoms with Crippen LogP contribution in [-0.2, 0) is 4.79 Å². The summed E-state index contributed by atoms with van der Waals surface area (Å²) in [5, 5.41) is 2.76. The topological polar surface area (TPSA) is 29.1 Å². The van der Waals surface area contributed by atoms with Crippen molar-refractivity contribution in [2.75, 3.05) is 5.32 Å². The van der Waals surface area contributed by atoms with E-state index in [1.165, 1.54) is 6.07 Å². The van der Waals surface area contributed by atoms with E-state index in [9.17, 15) is 9.18 Å². The van der Waals surface area contributed by atoms with Gasteiger partial charge in [-0.05, 0) is 46.5 Å². The molecule has 4 heteroatoms. The van der Waals surface area contributed by atoms with Crippen molar-refractivity contribution in [3.05, 3.63) is 28.0 Å². The van der Waals surface area contributed by atoms with Crippen LogP contribution in [0.3, 0.4) is 0 Å². The van der Waals surface area contributed by atoms with Gasteiger partial charge in [-0.2, -0.15) is 0 Å². The van der Waals surface area contributed by atoms with Gasteiger partial charge < -0.3 is 5.32 Å². The quantitative estimate of drug-likeness (QED) is 0.894. The van der Waals surface area contributed by atoms with E-state index in [0.29, 0.717) is 10.2 Å². The largest absolute Gasteiger partial charge is 0.326 e. The molecule has 94 valence electrons. The first-order chi connectivity index (χ1) is 7.82. The Hall–Kier alpha value is -0.900. The van der Waals surface area contributed by atoms with Crippen LogP contribution in [0, 0.1) is 24.6 Å². The number of carbonyl (C=O) groups is 1. The Balaban J connectivity index is 2.89. The number of nitrogens with one attached hydrogen (secondary N) is 1. The van der Waals surface area contributed by atoms with Gasteiger partial charge in [0.1, 0.15) is 5.82 Å². The van der Waals surface area contributed by atoms with Crippen molar-refractivity contribution in [2.24, 2.45) is 11.8 Å². The molecule has 1 atom stereocenters. The average molecular weight is 302 g/mol. The van der Waals surface area contributed by atoms with Crippen LogP contribution in [0.5, 0.6) is 0 Å². The Morgan fingerprint density at radius 2 is 1.94 bits per heavy atom. The molecule has 0 aliphatic carbocycles. The molecule has 17 heavy (non-hydrogen) atoms.